The molecule has 3 aromatic rings. The zero-order valence-corrected chi connectivity index (χ0v) is 13.7. The Labute approximate surface area is 137 Å². The van der Waals surface area contributed by atoms with E-state index in [0.717, 1.165) is 5.56 Å². The fourth-order valence-electron chi connectivity index (χ4n) is 2.76. The first-order valence-electron chi connectivity index (χ1n) is 7.77. The molecular weight excluding hydrogens is 278 g/mol. The molecule has 0 atom stereocenters. The van der Waals surface area contributed by atoms with Crippen molar-refractivity contribution in [2.45, 2.75) is 20.8 Å². The first-order chi connectivity index (χ1) is 11.1. The Hall–Kier alpha value is -2.85. The number of nitriles is 1. The van der Waals surface area contributed by atoms with E-state index in [4.69, 9.17) is 5.26 Å². The number of rotatable bonds is 2. The van der Waals surface area contributed by atoms with Gasteiger partial charge in [0.15, 0.2) is 0 Å². The smallest absolute Gasteiger partial charge is 0.0991 e. The molecular formula is C22H19N. The van der Waals surface area contributed by atoms with Crippen LogP contribution in [0.25, 0.3) is 22.3 Å². The summed E-state index contributed by atoms with van der Waals surface area (Å²) in [7, 11) is 0. The molecule has 0 aromatic heterocycles. The van der Waals surface area contributed by atoms with Gasteiger partial charge in [-0.1, -0.05) is 42.5 Å². The van der Waals surface area contributed by atoms with Crippen LogP contribution in [0.3, 0.4) is 0 Å². The Morgan fingerprint density at radius 2 is 1.17 bits per heavy atom. The van der Waals surface area contributed by atoms with Crippen molar-refractivity contribution in [2.24, 2.45) is 0 Å². The number of nitrogens with zero attached hydrogens (tertiary/aromatic N) is 1. The number of hydrogen-bond acceptors (Lipinski definition) is 1. The molecule has 23 heavy (non-hydrogen) atoms. The van der Waals surface area contributed by atoms with Gasteiger partial charge in [0, 0.05) is 0 Å². The van der Waals surface area contributed by atoms with Crippen LogP contribution in [0.4, 0.5) is 0 Å². The molecule has 0 aliphatic rings. The van der Waals surface area contributed by atoms with Crippen molar-refractivity contribution in [3.05, 3.63) is 82.9 Å². The summed E-state index contributed by atoms with van der Waals surface area (Å²) in [6, 6.07) is 23.1. The van der Waals surface area contributed by atoms with Crippen LogP contribution < -0.4 is 0 Å². The Morgan fingerprint density at radius 3 is 1.78 bits per heavy atom. The molecule has 0 spiro atoms. The monoisotopic (exact) mass is 297 g/mol. The van der Waals surface area contributed by atoms with Crippen LogP contribution in [0, 0.1) is 32.1 Å². The van der Waals surface area contributed by atoms with Gasteiger partial charge in [-0.25, -0.2) is 0 Å². The van der Waals surface area contributed by atoms with E-state index in [9.17, 15) is 0 Å². The zero-order valence-electron chi connectivity index (χ0n) is 13.7. The first kappa shape index (κ1) is 15.1. The van der Waals surface area contributed by atoms with Gasteiger partial charge in [-0.2, -0.15) is 5.26 Å². The lowest BCUT2D eigenvalue weighted by Crippen LogP contribution is -1.88. The molecule has 0 saturated carbocycles. The second-order valence-corrected chi connectivity index (χ2v) is 6.02. The molecule has 3 aromatic carbocycles. The molecule has 0 aliphatic heterocycles. The maximum atomic E-state index is 8.94. The maximum absolute atomic E-state index is 8.94. The highest BCUT2D eigenvalue weighted by Gasteiger charge is 2.06. The predicted octanol–water partition coefficient (Wildman–Crippen LogP) is 5.82. The Bertz CT molecular complexity index is 896. The van der Waals surface area contributed by atoms with Gasteiger partial charge in [0.2, 0.25) is 0 Å². The van der Waals surface area contributed by atoms with Crippen molar-refractivity contribution < 1.29 is 0 Å². The molecule has 0 saturated heterocycles. The second-order valence-electron chi connectivity index (χ2n) is 6.02. The van der Waals surface area contributed by atoms with E-state index in [-0.39, 0.29) is 0 Å². The predicted molar refractivity (Wildman–Crippen MR) is 96.2 cm³/mol. The maximum Gasteiger partial charge on any atom is 0.0991 e. The van der Waals surface area contributed by atoms with Gasteiger partial charge in [0.05, 0.1) is 11.6 Å². The van der Waals surface area contributed by atoms with E-state index in [0.29, 0.717) is 5.56 Å². The largest absolute Gasteiger partial charge is 0.192 e. The SMILES string of the molecule is Cc1ccc(-c2ccc(C)c(-c3ccc(C#N)cc3)c2)cc1C. The highest BCUT2D eigenvalue weighted by Crippen LogP contribution is 2.30. The summed E-state index contributed by atoms with van der Waals surface area (Å²) in [5.41, 5.74) is 9.37. The molecule has 0 heterocycles. The summed E-state index contributed by atoms with van der Waals surface area (Å²) < 4.78 is 0. The molecule has 0 radical (unpaired) electrons. The Morgan fingerprint density at radius 1 is 0.609 bits per heavy atom. The van der Waals surface area contributed by atoms with Crippen molar-refractivity contribution in [3.63, 3.8) is 0 Å². The lowest BCUT2D eigenvalue weighted by molar-refractivity contribution is 1.34. The number of aryl methyl sites for hydroxylation is 3. The van der Waals surface area contributed by atoms with Crippen LogP contribution in [-0.2, 0) is 0 Å². The van der Waals surface area contributed by atoms with Crippen molar-refractivity contribution in [2.75, 3.05) is 0 Å². The van der Waals surface area contributed by atoms with E-state index in [1.54, 1.807) is 0 Å². The Balaban J connectivity index is 2.08. The summed E-state index contributed by atoms with van der Waals surface area (Å²) in [6.07, 6.45) is 0. The highest BCUT2D eigenvalue weighted by atomic mass is 14.2. The summed E-state index contributed by atoms with van der Waals surface area (Å²) in [6.45, 7) is 6.41. The number of benzene rings is 3. The molecule has 1 heteroatoms. The summed E-state index contributed by atoms with van der Waals surface area (Å²) >= 11 is 0. The fraction of sp³-hybridized carbons (Fsp3) is 0.136. The van der Waals surface area contributed by atoms with Crippen molar-refractivity contribution in [1.29, 1.82) is 5.26 Å². The molecule has 0 unspecified atom stereocenters. The Kier molecular flexibility index (Phi) is 4.00. The third kappa shape index (κ3) is 3.03. The fourth-order valence-corrected chi connectivity index (χ4v) is 2.76. The minimum atomic E-state index is 0.691. The van der Waals surface area contributed by atoms with Gasteiger partial charge in [-0.3, -0.25) is 0 Å². The molecule has 0 fully saturated rings. The van der Waals surface area contributed by atoms with E-state index in [1.165, 1.54) is 33.4 Å². The average molecular weight is 297 g/mol. The highest BCUT2D eigenvalue weighted by molar-refractivity contribution is 5.76. The molecule has 0 aliphatic carbocycles. The van der Waals surface area contributed by atoms with Gasteiger partial charge < -0.3 is 0 Å². The molecule has 0 N–H and O–H groups in total. The standard InChI is InChI=1S/C22H19N/c1-15-4-8-20(12-17(15)3)21-9-5-16(2)22(13-21)19-10-6-18(14-23)7-11-19/h4-13H,1-3H3. The van der Waals surface area contributed by atoms with Crippen LogP contribution in [0.5, 0.6) is 0 Å². The zero-order chi connectivity index (χ0) is 16.4. The van der Waals surface area contributed by atoms with Crippen LogP contribution in [-0.4, -0.2) is 0 Å². The van der Waals surface area contributed by atoms with Crippen molar-refractivity contribution >= 4 is 0 Å². The summed E-state index contributed by atoms with van der Waals surface area (Å²) in [5, 5.41) is 8.94. The quantitative estimate of drug-likeness (QED) is 0.585. The lowest BCUT2D eigenvalue weighted by atomic mass is 9.93. The van der Waals surface area contributed by atoms with Gasteiger partial charge in [-0.15, -0.1) is 0 Å². The van der Waals surface area contributed by atoms with Crippen molar-refractivity contribution in [3.8, 4) is 28.3 Å². The van der Waals surface area contributed by atoms with Gasteiger partial charge >= 0.3 is 0 Å². The molecule has 0 bridgehead atoms. The second kappa shape index (κ2) is 6.10. The number of hydrogen-bond donors (Lipinski definition) is 0. The van der Waals surface area contributed by atoms with Gasteiger partial charge in [-0.05, 0) is 77.9 Å². The third-order valence-corrected chi connectivity index (χ3v) is 4.40. The van der Waals surface area contributed by atoms with Crippen LogP contribution >= 0.6 is 0 Å². The van der Waals surface area contributed by atoms with Gasteiger partial charge in [0.25, 0.3) is 0 Å². The van der Waals surface area contributed by atoms with Crippen LogP contribution in [0.2, 0.25) is 0 Å². The first-order valence-corrected chi connectivity index (χ1v) is 7.77. The summed E-state index contributed by atoms with van der Waals surface area (Å²) in [5.74, 6) is 0. The minimum absolute atomic E-state index is 0.691. The minimum Gasteiger partial charge on any atom is -0.192 e. The molecule has 3 rings (SSSR count). The van der Waals surface area contributed by atoms with Crippen LogP contribution in [0.1, 0.15) is 22.3 Å². The lowest BCUT2D eigenvalue weighted by Gasteiger charge is -2.11. The van der Waals surface area contributed by atoms with E-state index in [1.807, 2.05) is 24.3 Å². The molecule has 1 nitrogen and oxygen atoms in total. The third-order valence-electron chi connectivity index (χ3n) is 4.40. The van der Waals surface area contributed by atoms with Crippen LogP contribution in [0.15, 0.2) is 60.7 Å². The average Bonchev–Trinajstić information content (AvgIpc) is 2.58. The normalized spacial score (nSPS) is 10.3. The van der Waals surface area contributed by atoms with E-state index in [2.05, 4.69) is 63.2 Å². The van der Waals surface area contributed by atoms with Gasteiger partial charge in [0.1, 0.15) is 0 Å². The van der Waals surface area contributed by atoms with Crippen molar-refractivity contribution in [1.82, 2.24) is 0 Å². The molecule has 0 amide bonds. The molecule has 112 valence electrons. The topological polar surface area (TPSA) is 23.8 Å². The van der Waals surface area contributed by atoms with E-state index >= 15 is 0 Å². The summed E-state index contributed by atoms with van der Waals surface area (Å²) in [4.78, 5) is 0. The van der Waals surface area contributed by atoms with E-state index < -0.39 is 0 Å².